The Morgan fingerprint density at radius 2 is 1.95 bits per heavy atom. The number of nitrogens with one attached hydrogen (secondary N) is 1. The Labute approximate surface area is 122 Å². The van der Waals surface area contributed by atoms with Crippen molar-refractivity contribution in [3.05, 3.63) is 58.9 Å². The summed E-state index contributed by atoms with van der Waals surface area (Å²) in [5.41, 5.74) is 7.36. The average molecular weight is 288 g/mol. The highest BCUT2D eigenvalue weighted by atomic mass is 19.1. The van der Waals surface area contributed by atoms with Crippen LogP contribution in [-0.2, 0) is 6.54 Å². The molecule has 0 saturated carbocycles. The van der Waals surface area contributed by atoms with Crippen LogP contribution in [0.4, 0.5) is 10.1 Å². The van der Waals surface area contributed by atoms with Crippen LogP contribution in [-0.4, -0.2) is 13.0 Å². The van der Waals surface area contributed by atoms with Gasteiger partial charge in [0.25, 0.3) is 0 Å². The third-order valence-corrected chi connectivity index (χ3v) is 3.27. The number of amides is 1. The fourth-order valence-corrected chi connectivity index (χ4v) is 1.95. The number of nitrogens with two attached hydrogens (primary N) is 1. The highest BCUT2D eigenvalue weighted by Crippen LogP contribution is 2.21. The van der Waals surface area contributed by atoms with E-state index in [0.717, 1.165) is 17.4 Å². The molecule has 0 fully saturated rings. The molecule has 0 heterocycles. The van der Waals surface area contributed by atoms with E-state index in [1.807, 2.05) is 24.3 Å². The molecule has 0 unspecified atom stereocenters. The normalized spacial score (nSPS) is 10.2. The number of hydrogen-bond acceptors (Lipinski definition) is 3. The lowest BCUT2D eigenvalue weighted by atomic mass is 10.1. The third-order valence-electron chi connectivity index (χ3n) is 3.27. The number of anilines is 1. The average Bonchev–Trinajstić information content (AvgIpc) is 2.49. The summed E-state index contributed by atoms with van der Waals surface area (Å²) in [6.07, 6.45) is 0. The number of rotatable bonds is 5. The second-order valence-electron chi connectivity index (χ2n) is 4.70. The molecule has 4 nitrogen and oxygen atoms in total. The van der Waals surface area contributed by atoms with Crippen LogP contribution in [0.5, 0.6) is 5.75 Å². The van der Waals surface area contributed by atoms with Gasteiger partial charge in [0.05, 0.1) is 7.11 Å². The SMILES string of the molecule is COc1ccc(CNc2cc(C(N)=O)cc(F)c2C)cc1. The standard InChI is InChI=1S/C16H17FN2O2/c1-10-14(17)7-12(16(18)20)8-15(10)19-9-11-3-5-13(21-2)6-4-11/h3-8,19H,9H2,1-2H3,(H2,18,20). The molecule has 0 bridgehead atoms. The lowest BCUT2D eigenvalue weighted by Crippen LogP contribution is -2.13. The van der Waals surface area contributed by atoms with E-state index >= 15 is 0 Å². The van der Waals surface area contributed by atoms with Gasteiger partial charge >= 0.3 is 0 Å². The minimum atomic E-state index is -0.651. The van der Waals surface area contributed by atoms with E-state index in [-0.39, 0.29) is 5.56 Å². The molecule has 110 valence electrons. The summed E-state index contributed by atoms with van der Waals surface area (Å²) in [7, 11) is 1.61. The summed E-state index contributed by atoms with van der Waals surface area (Å²) >= 11 is 0. The zero-order valence-corrected chi connectivity index (χ0v) is 11.9. The topological polar surface area (TPSA) is 64.3 Å². The van der Waals surface area contributed by atoms with Gasteiger partial charge in [0.1, 0.15) is 11.6 Å². The van der Waals surface area contributed by atoms with Crippen molar-refractivity contribution >= 4 is 11.6 Å². The molecule has 0 aromatic heterocycles. The molecule has 0 spiro atoms. The van der Waals surface area contributed by atoms with Crippen LogP contribution < -0.4 is 15.8 Å². The molecule has 3 N–H and O–H groups in total. The molecule has 0 atom stereocenters. The fraction of sp³-hybridized carbons (Fsp3) is 0.188. The predicted molar refractivity (Wildman–Crippen MR) is 80.0 cm³/mol. The first-order valence-electron chi connectivity index (χ1n) is 6.48. The molecule has 2 aromatic carbocycles. The Kier molecular flexibility index (Phi) is 4.42. The maximum Gasteiger partial charge on any atom is 0.248 e. The summed E-state index contributed by atoms with van der Waals surface area (Å²) in [6, 6.07) is 10.2. The molecular weight excluding hydrogens is 271 g/mol. The van der Waals surface area contributed by atoms with E-state index in [0.29, 0.717) is 17.8 Å². The van der Waals surface area contributed by atoms with E-state index < -0.39 is 11.7 Å². The quantitative estimate of drug-likeness (QED) is 0.889. The number of benzene rings is 2. The lowest BCUT2D eigenvalue weighted by molar-refractivity contribution is 0.1000. The first kappa shape index (κ1) is 14.8. The molecule has 21 heavy (non-hydrogen) atoms. The van der Waals surface area contributed by atoms with Crippen LogP contribution in [0.3, 0.4) is 0 Å². The van der Waals surface area contributed by atoms with Crippen molar-refractivity contribution in [2.45, 2.75) is 13.5 Å². The number of halogens is 1. The highest BCUT2D eigenvalue weighted by molar-refractivity contribution is 5.94. The lowest BCUT2D eigenvalue weighted by Gasteiger charge is -2.12. The van der Waals surface area contributed by atoms with E-state index in [9.17, 15) is 9.18 Å². The van der Waals surface area contributed by atoms with Crippen molar-refractivity contribution in [1.82, 2.24) is 0 Å². The summed E-state index contributed by atoms with van der Waals surface area (Å²) in [6.45, 7) is 2.16. The van der Waals surface area contributed by atoms with Gasteiger partial charge < -0.3 is 15.8 Å². The molecular formula is C16H17FN2O2. The summed E-state index contributed by atoms with van der Waals surface area (Å²) in [5, 5.41) is 3.11. The number of hydrogen-bond donors (Lipinski definition) is 2. The van der Waals surface area contributed by atoms with Crippen molar-refractivity contribution in [3.63, 3.8) is 0 Å². The number of carbonyl (C=O) groups excluding carboxylic acids is 1. The molecule has 1 amide bonds. The van der Waals surface area contributed by atoms with Gasteiger partial charge in [-0.3, -0.25) is 4.79 Å². The van der Waals surface area contributed by atoms with E-state index in [1.54, 1.807) is 20.1 Å². The number of carbonyl (C=O) groups is 1. The molecule has 0 aliphatic rings. The van der Waals surface area contributed by atoms with Gasteiger partial charge in [-0.1, -0.05) is 12.1 Å². The zero-order valence-electron chi connectivity index (χ0n) is 11.9. The van der Waals surface area contributed by atoms with Crippen LogP contribution in [0, 0.1) is 12.7 Å². The number of ether oxygens (including phenoxy) is 1. The van der Waals surface area contributed by atoms with Gasteiger partial charge in [0.15, 0.2) is 0 Å². The van der Waals surface area contributed by atoms with Crippen molar-refractivity contribution in [2.24, 2.45) is 5.73 Å². The molecule has 5 heteroatoms. The van der Waals surface area contributed by atoms with Gasteiger partial charge in [-0.25, -0.2) is 4.39 Å². The Morgan fingerprint density at radius 1 is 1.29 bits per heavy atom. The fourth-order valence-electron chi connectivity index (χ4n) is 1.95. The second kappa shape index (κ2) is 6.26. The minimum Gasteiger partial charge on any atom is -0.497 e. The monoisotopic (exact) mass is 288 g/mol. The minimum absolute atomic E-state index is 0.148. The Bertz CT molecular complexity index is 654. The Morgan fingerprint density at radius 3 is 2.52 bits per heavy atom. The van der Waals surface area contributed by atoms with E-state index in [1.165, 1.54) is 0 Å². The summed E-state index contributed by atoms with van der Waals surface area (Å²) in [5.74, 6) is -0.332. The molecule has 2 aromatic rings. The van der Waals surface area contributed by atoms with Crippen LogP contribution in [0.1, 0.15) is 21.5 Å². The van der Waals surface area contributed by atoms with Crippen molar-refractivity contribution in [1.29, 1.82) is 0 Å². The van der Waals surface area contributed by atoms with Gasteiger partial charge in [0, 0.05) is 23.4 Å². The van der Waals surface area contributed by atoms with Gasteiger partial charge in [0.2, 0.25) is 5.91 Å². The van der Waals surface area contributed by atoms with Crippen molar-refractivity contribution in [2.75, 3.05) is 12.4 Å². The van der Waals surface area contributed by atoms with E-state index in [2.05, 4.69) is 5.32 Å². The van der Waals surface area contributed by atoms with Gasteiger partial charge in [-0.2, -0.15) is 0 Å². The highest BCUT2D eigenvalue weighted by Gasteiger charge is 2.10. The number of methoxy groups -OCH3 is 1. The second-order valence-corrected chi connectivity index (χ2v) is 4.70. The van der Waals surface area contributed by atoms with Crippen molar-refractivity contribution < 1.29 is 13.9 Å². The molecule has 0 radical (unpaired) electrons. The molecule has 0 aliphatic carbocycles. The first-order chi connectivity index (χ1) is 10.0. The summed E-state index contributed by atoms with van der Waals surface area (Å²) < 4.78 is 18.8. The summed E-state index contributed by atoms with van der Waals surface area (Å²) in [4.78, 5) is 11.2. The van der Waals surface area contributed by atoms with Crippen LogP contribution in [0.2, 0.25) is 0 Å². The predicted octanol–water partition coefficient (Wildman–Crippen LogP) is 2.85. The number of primary amides is 1. The van der Waals surface area contributed by atoms with Crippen LogP contribution in [0.25, 0.3) is 0 Å². The largest absolute Gasteiger partial charge is 0.497 e. The van der Waals surface area contributed by atoms with Crippen LogP contribution >= 0.6 is 0 Å². The van der Waals surface area contributed by atoms with E-state index in [4.69, 9.17) is 10.5 Å². The molecule has 2 rings (SSSR count). The van der Waals surface area contributed by atoms with Gasteiger partial charge in [-0.15, -0.1) is 0 Å². The Hall–Kier alpha value is -2.56. The maximum absolute atomic E-state index is 13.8. The third kappa shape index (κ3) is 3.51. The molecule has 0 saturated heterocycles. The maximum atomic E-state index is 13.8. The molecule has 0 aliphatic heterocycles. The Balaban J connectivity index is 2.16. The van der Waals surface area contributed by atoms with Gasteiger partial charge in [-0.05, 0) is 36.8 Å². The van der Waals surface area contributed by atoms with Crippen molar-refractivity contribution in [3.8, 4) is 5.75 Å². The first-order valence-corrected chi connectivity index (χ1v) is 6.48. The van der Waals surface area contributed by atoms with Crippen LogP contribution in [0.15, 0.2) is 36.4 Å². The zero-order chi connectivity index (χ0) is 15.4. The smallest absolute Gasteiger partial charge is 0.248 e.